The fourth-order valence-electron chi connectivity index (χ4n) is 3.30. The van der Waals surface area contributed by atoms with Crippen molar-refractivity contribution in [2.24, 2.45) is 0 Å². The summed E-state index contributed by atoms with van der Waals surface area (Å²) in [5, 5.41) is 13.3. The molecule has 1 saturated carbocycles. The molecular weight excluding hydrogens is 300 g/mol. The van der Waals surface area contributed by atoms with Crippen molar-refractivity contribution < 1.29 is 5.11 Å². The summed E-state index contributed by atoms with van der Waals surface area (Å²) in [5.41, 5.74) is 2.84. The maximum Gasteiger partial charge on any atom is 0.223 e. The van der Waals surface area contributed by atoms with Crippen molar-refractivity contribution in [3.63, 3.8) is 0 Å². The van der Waals surface area contributed by atoms with E-state index in [9.17, 15) is 5.11 Å². The molecule has 1 fully saturated rings. The van der Waals surface area contributed by atoms with Crippen LogP contribution in [0.2, 0.25) is 0 Å². The van der Waals surface area contributed by atoms with Gasteiger partial charge in [0, 0.05) is 31.5 Å². The second-order valence-electron chi connectivity index (χ2n) is 6.83. The summed E-state index contributed by atoms with van der Waals surface area (Å²) >= 11 is 0. The highest BCUT2D eigenvalue weighted by Crippen LogP contribution is 2.31. The van der Waals surface area contributed by atoms with Gasteiger partial charge in [-0.15, -0.1) is 0 Å². The number of benzene rings is 1. The highest BCUT2D eigenvalue weighted by molar-refractivity contribution is 5.63. The zero-order valence-corrected chi connectivity index (χ0v) is 14.5. The molecule has 2 N–H and O–H groups in total. The number of rotatable bonds is 5. The number of hydrogen-bond donors (Lipinski definition) is 2. The van der Waals surface area contributed by atoms with Crippen LogP contribution in [0.15, 0.2) is 36.5 Å². The van der Waals surface area contributed by atoms with E-state index in [1.807, 2.05) is 20.2 Å². The Balaban J connectivity index is 1.81. The van der Waals surface area contributed by atoms with E-state index in [2.05, 4.69) is 44.5 Å². The molecule has 1 aliphatic carbocycles. The zero-order valence-electron chi connectivity index (χ0n) is 14.5. The van der Waals surface area contributed by atoms with Crippen molar-refractivity contribution >= 4 is 11.6 Å². The molecule has 1 aromatic carbocycles. The molecule has 1 aromatic heterocycles. The van der Waals surface area contributed by atoms with Crippen LogP contribution in [0.25, 0.3) is 11.3 Å². The molecule has 24 heavy (non-hydrogen) atoms. The number of nitrogens with one attached hydrogen (secondary N) is 1. The van der Waals surface area contributed by atoms with E-state index >= 15 is 0 Å². The highest BCUT2D eigenvalue weighted by Gasteiger charge is 2.31. The van der Waals surface area contributed by atoms with Gasteiger partial charge in [-0.2, -0.15) is 0 Å². The van der Waals surface area contributed by atoms with Gasteiger partial charge in [-0.05, 0) is 31.0 Å². The normalized spacial score (nSPS) is 16.6. The third-order valence-corrected chi connectivity index (χ3v) is 4.83. The van der Waals surface area contributed by atoms with Gasteiger partial charge in [0.2, 0.25) is 5.95 Å². The summed E-state index contributed by atoms with van der Waals surface area (Å²) in [6.45, 7) is 0.123. The first-order valence-electron chi connectivity index (χ1n) is 8.62. The molecule has 0 amide bonds. The van der Waals surface area contributed by atoms with E-state index in [4.69, 9.17) is 0 Å². The molecule has 5 nitrogen and oxygen atoms in total. The number of aromatic nitrogens is 2. The molecule has 0 radical (unpaired) electrons. The summed E-state index contributed by atoms with van der Waals surface area (Å²) in [5.74, 6) is 0.597. The zero-order chi connectivity index (χ0) is 17.0. The second-order valence-corrected chi connectivity index (χ2v) is 6.83. The molecule has 1 aliphatic rings. The number of anilines is 2. The number of aliphatic hydroxyl groups is 1. The van der Waals surface area contributed by atoms with Gasteiger partial charge in [0.05, 0.1) is 17.8 Å². The molecule has 0 atom stereocenters. The summed E-state index contributed by atoms with van der Waals surface area (Å²) in [7, 11) is 4.06. The van der Waals surface area contributed by atoms with Crippen molar-refractivity contribution in [2.45, 2.75) is 37.6 Å². The Kier molecular flexibility index (Phi) is 5.00. The summed E-state index contributed by atoms with van der Waals surface area (Å²) in [6.07, 6.45) is 7.22. The first kappa shape index (κ1) is 16.7. The lowest BCUT2D eigenvalue weighted by molar-refractivity contribution is 0.172. The summed E-state index contributed by atoms with van der Waals surface area (Å²) < 4.78 is 0. The molecule has 0 saturated heterocycles. The van der Waals surface area contributed by atoms with Gasteiger partial charge < -0.3 is 15.3 Å². The summed E-state index contributed by atoms with van der Waals surface area (Å²) in [6, 6.07) is 10.2. The molecule has 5 heteroatoms. The lowest BCUT2D eigenvalue weighted by Crippen LogP contribution is -2.44. The minimum atomic E-state index is -0.272. The molecule has 0 unspecified atom stereocenters. The quantitative estimate of drug-likeness (QED) is 0.882. The van der Waals surface area contributed by atoms with Gasteiger partial charge in [0.1, 0.15) is 0 Å². The Morgan fingerprint density at radius 1 is 1.08 bits per heavy atom. The predicted molar refractivity (Wildman–Crippen MR) is 98.3 cm³/mol. The van der Waals surface area contributed by atoms with Gasteiger partial charge in [0.25, 0.3) is 0 Å². The Morgan fingerprint density at radius 2 is 1.79 bits per heavy atom. The Labute approximate surface area is 143 Å². The predicted octanol–water partition coefficient (Wildman–Crippen LogP) is 3.32. The van der Waals surface area contributed by atoms with Crippen LogP contribution in [0.1, 0.15) is 32.1 Å². The van der Waals surface area contributed by atoms with Gasteiger partial charge in [0.15, 0.2) is 0 Å². The van der Waals surface area contributed by atoms with E-state index < -0.39 is 0 Å². The smallest absolute Gasteiger partial charge is 0.223 e. The van der Waals surface area contributed by atoms with Crippen LogP contribution < -0.4 is 10.2 Å². The van der Waals surface area contributed by atoms with E-state index in [0.29, 0.717) is 5.95 Å². The van der Waals surface area contributed by atoms with Gasteiger partial charge >= 0.3 is 0 Å². The fourth-order valence-corrected chi connectivity index (χ4v) is 3.30. The first-order chi connectivity index (χ1) is 11.6. The Morgan fingerprint density at radius 3 is 2.42 bits per heavy atom. The van der Waals surface area contributed by atoms with Crippen LogP contribution in [0.4, 0.5) is 11.6 Å². The molecule has 1 heterocycles. The van der Waals surface area contributed by atoms with Crippen LogP contribution in [0.5, 0.6) is 0 Å². The van der Waals surface area contributed by atoms with Gasteiger partial charge in [-0.3, -0.25) is 0 Å². The van der Waals surface area contributed by atoms with Crippen molar-refractivity contribution in [1.29, 1.82) is 0 Å². The number of aliphatic hydroxyl groups excluding tert-OH is 1. The van der Waals surface area contributed by atoms with E-state index in [0.717, 1.165) is 42.6 Å². The van der Waals surface area contributed by atoms with Gasteiger partial charge in [-0.1, -0.05) is 31.4 Å². The standard InChI is InChI=1S/C19H26N4O/c1-23(2)16-8-6-15(7-9-16)17-10-13-20-18(21-17)22-19(14-24)11-4-3-5-12-19/h6-10,13,24H,3-5,11-12,14H2,1-2H3,(H,20,21,22). The third kappa shape index (κ3) is 3.67. The molecule has 2 aromatic rings. The molecule has 3 rings (SSSR count). The van der Waals surface area contributed by atoms with Crippen LogP contribution >= 0.6 is 0 Å². The first-order valence-corrected chi connectivity index (χ1v) is 8.62. The third-order valence-electron chi connectivity index (χ3n) is 4.83. The topological polar surface area (TPSA) is 61.3 Å². The average Bonchev–Trinajstić information content (AvgIpc) is 2.63. The largest absolute Gasteiger partial charge is 0.394 e. The molecule has 128 valence electrons. The van der Waals surface area contributed by atoms with Crippen LogP contribution in [-0.4, -0.2) is 41.3 Å². The van der Waals surface area contributed by atoms with Crippen molar-refractivity contribution in [3.05, 3.63) is 36.5 Å². The van der Waals surface area contributed by atoms with Gasteiger partial charge in [-0.25, -0.2) is 9.97 Å². The fraction of sp³-hybridized carbons (Fsp3) is 0.474. The maximum absolute atomic E-state index is 9.85. The van der Waals surface area contributed by atoms with E-state index in [1.54, 1.807) is 6.20 Å². The molecule has 0 bridgehead atoms. The van der Waals surface area contributed by atoms with Crippen molar-refractivity contribution in [3.8, 4) is 11.3 Å². The lowest BCUT2D eigenvalue weighted by Gasteiger charge is -2.36. The molecule has 0 aliphatic heterocycles. The van der Waals surface area contributed by atoms with Crippen molar-refractivity contribution in [2.75, 3.05) is 30.9 Å². The van der Waals surface area contributed by atoms with E-state index in [1.165, 1.54) is 6.42 Å². The monoisotopic (exact) mass is 326 g/mol. The Bertz CT molecular complexity index is 663. The van der Waals surface area contributed by atoms with E-state index in [-0.39, 0.29) is 12.1 Å². The number of hydrogen-bond acceptors (Lipinski definition) is 5. The van der Waals surface area contributed by atoms with Crippen molar-refractivity contribution in [1.82, 2.24) is 9.97 Å². The summed E-state index contributed by atoms with van der Waals surface area (Å²) in [4.78, 5) is 11.1. The average molecular weight is 326 g/mol. The minimum Gasteiger partial charge on any atom is -0.394 e. The van der Waals surface area contributed by atoms with Crippen LogP contribution in [-0.2, 0) is 0 Å². The minimum absolute atomic E-state index is 0.123. The lowest BCUT2D eigenvalue weighted by atomic mass is 9.82. The number of nitrogens with zero attached hydrogens (tertiary/aromatic N) is 3. The molecule has 0 spiro atoms. The second kappa shape index (κ2) is 7.18. The van der Waals surface area contributed by atoms with Crippen LogP contribution in [0, 0.1) is 0 Å². The Hall–Kier alpha value is -2.14. The molecular formula is C19H26N4O. The maximum atomic E-state index is 9.85. The SMILES string of the molecule is CN(C)c1ccc(-c2ccnc(NC3(CO)CCCCC3)n2)cc1. The van der Waals surface area contributed by atoms with Crippen LogP contribution in [0.3, 0.4) is 0 Å². The highest BCUT2D eigenvalue weighted by atomic mass is 16.3.